The van der Waals surface area contributed by atoms with E-state index >= 15 is 0 Å². The molecule has 0 bridgehead atoms. The number of rotatable bonds is 5. The molecule has 7 heteroatoms. The van der Waals surface area contributed by atoms with E-state index in [0.717, 1.165) is 11.0 Å². The van der Waals surface area contributed by atoms with Gasteiger partial charge in [0.25, 0.3) is 11.7 Å². The fourth-order valence-corrected chi connectivity index (χ4v) is 3.50. The molecule has 1 saturated heterocycles. The van der Waals surface area contributed by atoms with Crippen molar-refractivity contribution < 1.29 is 28.2 Å². The third kappa shape index (κ3) is 3.34. The highest BCUT2D eigenvalue weighted by Gasteiger charge is 2.48. The third-order valence-electron chi connectivity index (χ3n) is 4.76. The van der Waals surface area contributed by atoms with E-state index in [1.165, 1.54) is 24.5 Å². The van der Waals surface area contributed by atoms with Gasteiger partial charge in [0.15, 0.2) is 0 Å². The van der Waals surface area contributed by atoms with Gasteiger partial charge in [0.05, 0.1) is 18.4 Å². The molecule has 152 valence electrons. The molecule has 2 aromatic carbocycles. The maximum Gasteiger partial charge on any atom is 0.300 e. The molecular weight excluding hydrogens is 389 g/mol. The van der Waals surface area contributed by atoms with Gasteiger partial charge >= 0.3 is 0 Å². The number of aliphatic hydroxyl groups excluding tert-OH is 1. The highest BCUT2D eigenvalue weighted by molar-refractivity contribution is 6.51. The molecule has 1 aliphatic rings. The van der Waals surface area contributed by atoms with E-state index in [1.807, 2.05) is 6.92 Å². The van der Waals surface area contributed by atoms with Crippen LogP contribution < -0.4 is 9.64 Å². The van der Waals surface area contributed by atoms with Crippen molar-refractivity contribution >= 4 is 23.1 Å². The molecule has 1 aliphatic heterocycles. The lowest BCUT2D eigenvalue weighted by atomic mass is 9.99. The minimum Gasteiger partial charge on any atom is -0.507 e. The number of ketones is 1. The molecule has 0 aliphatic carbocycles. The van der Waals surface area contributed by atoms with Gasteiger partial charge in [-0.05, 0) is 49.4 Å². The minimum absolute atomic E-state index is 0.146. The van der Waals surface area contributed by atoms with E-state index in [9.17, 15) is 19.1 Å². The second kappa shape index (κ2) is 7.87. The molecule has 0 radical (unpaired) electrons. The number of carbonyl (C=O) groups is 2. The summed E-state index contributed by atoms with van der Waals surface area (Å²) in [6.07, 6.45) is 1.40. The number of halogens is 1. The number of Topliss-reactive ketones (excluding diaryl/α,β-unsaturated/α-hetero) is 1. The minimum atomic E-state index is -1.04. The van der Waals surface area contributed by atoms with E-state index in [0.29, 0.717) is 17.9 Å². The zero-order valence-corrected chi connectivity index (χ0v) is 16.0. The van der Waals surface area contributed by atoms with Crippen molar-refractivity contribution in [2.45, 2.75) is 13.0 Å². The van der Waals surface area contributed by atoms with Crippen molar-refractivity contribution in [1.82, 2.24) is 0 Å². The van der Waals surface area contributed by atoms with Gasteiger partial charge in [0.2, 0.25) is 0 Å². The number of hydrogen-bond donors (Lipinski definition) is 1. The summed E-state index contributed by atoms with van der Waals surface area (Å²) >= 11 is 0. The van der Waals surface area contributed by atoms with Crippen molar-refractivity contribution in [2.24, 2.45) is 0 Å². The van der Waals surface area contributed by atoms with Crippen LogP contribution >= 0.6 is 0 Å². The summed E-state index contributed by atoms with van der Waals surface area (Å²) in [5.74, 6) is -1.92. The van der Waals surface area contributed by atoms with Crippen molar-refractivity contribution in [3.8, 4) is 5.75 Å². The molecule has 6 nitrogen and oxygen atoms in total. The molecule has 1 N–H and O–H groups in total. The SMILES string of the molecule is CCOc1cccc(/C(O)=C2/C(=O)C(=O)N(c3cccc(F)c3)C2c2ccco2)c1. The van der Waals surface area contributed by atoms with Crippen molar-refractivity contribution in [2.75, 3.05) is 11.5 Å². The highest BCUT2D eigenvalue weighted by Crippen LogP contribution is 2.42. The van der Waals surface area contributed by atoms with Gasteiger partial charge < -0.3 is 14.3 Å². The molecule has 2 heterocycles. The van der Waals surface area contributed by atoms with Gasteiger partial charge in [-0.2, -0.15) is 0 Å². The van der Waals surface area contributed by atoms with Crippen LogP contribution in [-0.2, 0) is 9.59 Å². The summed E-state index contributed by atoms with van der Waals surface area (Å²) < 4.78 is 24.7. The summed E-state index contributed by atoms with van der Waals surface area (Å²) in [7, 11) is 0. The van der Waals surface area contributed by atoms with Gasteiger partial charge in [0, 0.05) is 11.3 Å². The van der Waals surface area contributed by atoms with Gasteiger partial charge in [0.1, 0.15) is 29.1 Å². The quantitative estimate of drug-likeness (QED) is 0.384. The molecule has 0 saturated carbocycles. The van der Waals surface area contributed by atoms with Crippen LogP contribution in [0.5, 0.6) is 5.75 Å². The van der Waals surface area contributed by atoms with Gasteiger partial charge in [-0.1, -0.05) is 18.2 Å². The number of aliphatic hydroxyl groups is 1. The largest absolute Gasteiger partial charge is 0.507 e. The lowest BCUT2D eigenvalue weighted by Gasteiger charge is -2.23. The Bertz CT molecular complexity index is 1140. The summed E-state index contributed by atoms with van der Waals surface area (Å²) in [6, 6.07) is 14.1. The lowest BCUT2D eigenvalue weighted by Crippen LogP contribution is -2.29. The Kier molecular flexibility index (Phi) is 5.10. The molecule has 1 aromatic heterocycles. The maximum atomic E-state index is 13.8. The van der Waals surface area contributed by atoms with Crippen LogP contribution in [0.3, 0.4) is 0 Å². The van der Waals surface area contributed by atoms with Gasteiger partial charge in [-0.15, -0.1) is 0 Å². The average Bonchev–Trinajstić information content (AvgIpc) is 3.35. The van der Waals surface area contributed by atoms with Crippen LogP contribution in [-0.4, -0.2) is 23.4 Å². The van der Waals surface area contributed by atoms with E-state index < -0.39 is 23.5 Å². The Hall–Kier alpha value is -3.87. The zero-order valence-electron chi connectivity index (χ0n) is 16.0. The Morgan fingerprint density at radius 1 is 1.13 bits per heavy atom. The Morgan fingerprint density at radius 3 is 2.63 bits per heavy atom. The molecule has 1 amide bonds. The van der Waals surface area contributed by atoms with Crippen LogP contribution in [0.15, 0.2) is 76.9 Å². The second-order valence-electron chi connectivity index (χ2n) is 6.63. The molecule has 3 aromatic rings. The Morgan fingerprint density at radius 2 is 1.93 bits per heavy atom. The first kappa shape index (κ1) is 19.4. The first-order valence-electron chi connectivity index (χ1n) is 9.34. The zero-order chi connectivity index (χ0) is 21.3. The standard InChI is InChI=1S/C23H18FNO5/c1-2-29-17-9-3-6-14(12-17)21(26)19-20(18-10-5-11-30-18)25(23(28)22(19)27)16-8-4-7-15(24)13-16/h3-13,20,26H,2H2,1H3/b21-19-. The van der Waals surface area contributed by atoms with Crippen LogP contribution in [0.1, 0.15) is 24.3 Å². The molecule has 4 rings (SSSR count). The number of nitrogens with zero attached hydrogens (tertiary/aromatic N) is 1. The first-order chi connectivity index (χ1) is 14.5. The molecule has 30 heavy (non-hydrogen) atoms. The lowest BCUT2D eigenvalue weighted by molar-refractivity contribution is -0.132. The summed E-state index contributed by atoms with van der Waals surface area (Å²) in [5, 5.41) is 11.0. The van der Waals surface area contributed by atoms with Crippen LogP contribution in [0.4, 0.5) is 10.1 Å². The van der Waals surface area contributed by atoms with E-state index in [1.54, 1.807) is 36.4 Å². The maximum absolute atomic E-state index is 13.8. The third-order valence-corrected chi connectivity index (χ3v) is 4.76. The smallest absolute Gasteiger partial charge is 0.300 e. The summed E-state index contributed by atoms with van der Waals surface area (Å²) in [5.41, 5.74) is 0.350. The predicted octanol–water partition coefficient (Wildman–Crippen LogP) is 4.44. The molecule has 1 atom stereocenters. The highest BCUT2D eigenvalue weighted by atomic mass is 19.1. The molecule has 1 fully saturated rings. The number of benzene rings is 2. The monoisotopic (exact) mass is 407 g/mol. The number of amides is 1. The molecular formula is C23H18FNO5. The number of anilines is 1. The van der Waals surface area contributed by atoms with Crippen molar-refractivity contribution in [3.63, 3.8) is 0 Å². The van der Waals surface area contributed by atoms with Gasteiger partial charge in [-0.25, -0.2) is 4.39 Å². The summed E-state index contributed by atoms with van der Waals surface area (Å²) in [4.78, 5) is 26.9. The number of ether oxygens (including phenoxy) is 1. The van der Waals surface area contributed by atoms with Crippen molar-refractivity contribution in [3.05, 3.63) is 89.6 Å². The van der Waals surface area contributed by atoms with E-state index in [-0.39, 0.29) is 22.8 Å². The normalized spacial score (nSPS) is 18.1. The van der Waals surface area contributed by atoms with E-state index in [4.69, 9.17) is 9.15 Å². The summed E-state index contributed by atoms with van der Waals surface area (Å²) in [6.45, 7) is 2.26. The average molecular weight is 407 g/mol. The van der Waals surface area contributed by atoms with E-state index in [2.05, 4.69) is 0 Å². The topological polar surface area (TPSA) is 80.0 Å². The second-order valence-corrected chi connectivity index (χ2v) is 6.63. The Balaban J connectivity index is 1.90. The first-order valence-corrected chi connectivity index (χ1v) is 9.34. The Labute approximate surface area is 171 Å². The fraction of sp³-hybridized carbons (Fsp3) is 0.130. The van der Waals surface area contributed by atoms with Crippen LogP contribution in [0, 0.1) is 5.82 Å². The molecule has 1 unspecified atom stereocenters. The number of furan rings is 1. The predicted molar refractivity (Wildman–Crippen MR) is 108 cm³/mol. The van der Waals surface area contributed by atoms with Crippen LogP contribution in [0.2, 0.25) is 0 Å². The number of hydrogen-bond acceptors (Lipinski definition) is 5. The number of carbonyl (C=O) groups excluding carboxylic acids is 2. The van der Waals surface area contributed by atoms with Crippen molar-refractivity contribution in [1.29, 1.82) is 0 Å². The van der Waals surface area contributed by atoms with Gasteiger partial charge in [-0.3, -0.25) is 14.5 Å². The van der Waals surface area contributed by atoms with Crippen LogP contribution in [0.25, 0.3) is 5.76 Å². The fourth-order valence-electron chi connectivity index (χ4n) is 3.50. The molecule has 0 spiro atoms.